The number of hydrogen-bond acceptors (Lipinski definition) is 3. The number of carbonyl (C=O) groups excluding carboxylic acids is 2. The highest BCUT2D eigenvalue weighted by Gasteiger charge is 2.22. The average Bonchev–Trinajstić information content (AvgIpc) is 2.67. The van der Waals surface area contributed by atoms with Crippen molar-refractivity contribution < 1.29 is 14.3 Å². The Morgan fingerprint density at radius 1 is 1.00 bits per heavy atom. The third-order valence-electron chi connectivity index (χ3n) is 5.03. The molecule has 2 aromatic rings. The van der Waals surface area contributed by atoms with Gasteiger partial charge in [0.25, 0.3) is 5.91 Å². The monoisotopic (exact) mass is 419 g/mol. The number of aryl methyl sites for hydroxylation is 2. The van der Waals surface area contributed by atoms with E-state index in [0.29, 0.717) is 15.6 Å². The molecule has 2 aromatic carbocycles. The Kier molecular flexibility index (Phi) is 6.63. The number of nitrogens with one attached hydrogen (secondary N) is 1. The van der Waals surface area contributed by atoms with E-state index in [1.165, 1.54) is 17.5 Å². The number of carbonyl (C=O) groups is 2. The average molecular weight is 420 g/mol. The molecule has 6 heteroatoms. The zero-order chi connectivity index (χ0) is 20.3. The molecule has 0 aliphatic heterocycles. The van der Waals surface area contributed by atoms with Gasteiger partial charge < -0.3 is 10.1 Å². The first-order chi connectivity index (χ1) is 13.3. The summed E-state index contributed by atoms with van der Waals surface area (Å²) in [5, 5.41) is 3.82. The summed E-state index contributed by atoms with van der Waals surface area (Å²) < 4.78 is 5.37. The Morgan fingerprint density at radius 2 is 1.71 bits per heavy atom. The summed E-state index contributed by atoms with van der Waals surface area (Å²) in [5.74, 6) is -0.877. The van der Waals surface area contributed by atoms with Crippen LogP contribution in [0.25, 0.3) is 0 Å². The molecular weight excluding hydrogens is 397 g/mol. The Bertz CT molecular complexity index is 897. The van der Waals surface area contributed by atoms with Gasteiger partial charge in [-0.1, -0.05) is 35.3 Å². The highest BCUT2D eigenvalue weighted by molar-refractivity contribution is 6.35. The van der Waals surface area contributed by atoms with Crippen LogP contribution in [0, 0.1) is 0 Å². The first-order valence-electron chi connectivity index (χ1n) is 9.43. The SMILES string of the molecule is C[C@@H](OC(=O)c1ccc2c(c1)CCCC2)C(=O)N[C@H](C)c1ccc(Cl)cc1Cl. The van der Waals surface area contributed by atoms with E-state index < -0.39 is 12.1 Å². The number of halogens is 2. The molecule has 0 radical (unpaired) electrons. The van der Waals surface area contributed by atoms with Gasteiger partial charge in [-0.25, -0.2) is 4.79 Å². The minimum Gasteiger partial charge on any atom is -0.449 e. The van der Waals surface area contributed by atoms with E-state index in [4.69, 9.17) is 27.9 Å². The Morgan fingerprint density at radius 3 is 2.43 bits per heavy atom. The lowest BCUT2D eigenvalue weighted by Gasteiger charge is -2.20. The quantitative estimate of drug-likeness (QED) is 0.669. The number of rotatable bonds is 5. The van der Waals surface area contributed by atoms with E-state index in [9.17, 15) is 9.59 Å². The number of ether oxygens (including phenoxy) is 1. The van der Waals surface area contributed by atoms with Crippen LogP contribution in [0.15, 0.2) is 36.4 Å². The standard InChI is InChI=1S/C22H23Cl2NO3/c1-13(19-10-9-18(23)12-20(19)24)25-21(26)14(2)28-22(27)17-8-7-15-5-3-4-6-16(15)11-17/h7-14H,3-6H2,1-2H3,(H,25,26)/t13-,14-/m1/s1. The molecule has 0 heterocycles. The lowest BCUT2D eigenvalue weighted by Crippen LogP contribution is -2.37. The van der Waals surface area contributed by atoms with Crippen LogP contribution in [0.4, 0.5) is 0 Å². The van der Waals surface area contributed by atoms with Gasteiger partial charge in [-0.05, 0) is 80.5 Å². The van der Waals surface area contributed by atoms with Gasteiger partial charge in [0.2, 0.25) is 0 Å². The minimum atomic E-state index is -0.919. The van der Waals surface area contributed by atoms with E-state index in [0.717, 1.165) is 24.8 Å². The van der Waals surface area contributed by atoms with Gasteiger partial charge in [-0.15, -0.1) is 0 Å². The van der Waals surface area contributed by atoms with Crippen LogP contribution in [-0.4, -0.2) is 18.0 Å². The van der Waals surface area contributed by atoms with E-state index >= 15 is 0 Å². The Balaban J connectivity index is 1.61. The molecule has 148 valence electrons. The predicted molar refractivity (Wildman–Crippen MR) is 111 cm³/mol. The fourth-order valence-electron chi connectivity index (χ4n) is 3.40. The number of amides is 1. The van der Waals surface area contributed by atoms with Gasteiger partial charge in [0.1, 0.15) is 0 Å². The van der Waals surface area contributed by atoms with Gasteiger partial charge in [0, 0.05) is 10.0 Å². The third-order valence-corrected chi connectivity index (χ3v) is 5.59. The van der Waals surface area contributed by atoms with Crippen molar-refractivity contribution in [2.45, 2.75) is 51.7 Å². The van der Waals surface area contributed by atoms with Crippen molar-refractivity contribution in [2.24, 2.45) is 0 Å². The fraction of sp³-hybridized carbons (Fsp3) is 0.364. The molecule has 0 saturated carbocycles. The number of fused-ring (bicyclic) bond motifs is 1. The van der Waals surface area contributed by atoms with Gasteiger partial charge >= 0.3 is 5.97 Å². The molecule has 2 atom stereocenters. The molecule has 1 aliphatic rings. The second-order valence-electron chi connectivity index (χ2n) is 7.13. The normalized spacial score (nSPS) is 15.3. The van der Waals surface area contributed by atoms with Crippen LogP contribution >= 0.6 is 23.2 Å². The van der Waals surface area contributed by atoms with Crippen molar-refractivity contribution in [2.75, 3.05) is 0 Å². The van der Waals surface area contributed by atoms with E-state index in [-0.39, 0.29) is 11.9 Å². The van der Waals surface area contributed by atoms with Crippen molar-refractivity contribution in [1.29, 1.82) is 0 Å². The summed E-state index contributed by atoms with van der Waals surface area (Å²) >= 11 is 12.1. The highest BCUT2D eigenvalue weighted by atomic mass is 35.5. The van der Waals surface area contributed by atoms with E-state index in [1.54, 1.807) is 31.2 Å². The van der Waals surface area contributed by atoms with Crippen LogP contribution < -0.4 is 5.32 Å². The number of benzene rings is 2. The molecule has 0 spiro atoms. The van der Waals surface area contributed by atoms with Gasteiger partial charge in [0.15, 0.2) is 6.10 Å². The van der Waals surface area contributed by atoms with Crippen molar-refractivity contribution >= 4 is 35.1 Å². The van der Waals surface area contributed by atoms with Crippen LogP contribution in [0.3, 0.4) is 0 Å². The van der Waals surface area contributed by atoms with Gasteiger partial charge in [0.05, 0.1) is 11.6 Å². The molecule has 3 rings (SSSR count). The first kappa shape index (κ1) is 20.7. The molecule has 0 bridgehead atoms. The van der Waals surface area contributed by atoms with Crippen LogP contribution in [0.1, 0.15) is 59.8 Å². The summed E-state index contributed by atoms with van der Waals surface area (Å²) in [4.78, 5) is 24.9. The topological polar surface area (TPSA) is 55.4 Å². The molecule has 0 unspecified atom stereocenters. The molecule has 28 heavy (non-hydrogen) atoms. The predicted octanol–water partition coefficient (Wildman–Crippen LogP) is 5.29. The lowest BCUT2D eigenvalue weighted by atomic mass is 9.90. The van der Waals surface area contributed by atoms with Crippen LogP contribution in [0.2, 0.25) is 10.0 Å². The van der Waals surface area contributed by atoms with Crippen LogP contribution in [0.5, 0.6) is 0 Å². The first-order valence-corrected chi connectivity index (χ1v) is 10.2. The summed E-state index contributed by atoms with van der Waals surface area (Å²) in [6.45, 7) is 3.37. The third kappa shape index (κ3) is 4.86. The molecule has 1 N–H and O–H groups in total. The number of esters is 1. The summed E-state index contributed by atoms with van der Waals surface area (Å²) in [6, 6.07) is 10.4. The van der Waals surface area contributed by atoms with Gasteiger partial charge in [-0.2, -0.15) is 0 Å². The molecular formula is C22H23Cl2NO3. The lowest BCUT2D eigenvalue weighted by molar-refractivity contribution is -0.129. The zero-order valence-electron chi connectivity index (χ0n) is 15.9. The maximum absolute atomic E-state index is 12.5. The van der Waals surface area contributed by atoms with Crippen molar-refractivity contribution in [3.05, 3.63) is 68.7 Å². The summed E-state index contributed by atoms with van der Waals surface area (Å²) in [6.07, 6.45) is 3.43. The van der Waals surface area contributed by atoms with E-state index in [1.807, 2.05) is 19.1 Å². The number of hydrogen-bond donors (Lipinski definition) is 1. The zero-order valence-corrected chi connectivity index (χ0v) is 17.4. The van der Waals surface area contributed by atoms with Crippen molar-refractivity contribution in [1.82, 2.24) is 5.32 Å². The second-order valence-corrected chi connectivity index (χ2v) is 7.98. The van der Waals surface area contributed by atoms with Crippen molar-refractivity contribution in [3.63, 3.8) is 0 Å². The van der Waals surface area contributed by atoms with Crippen LogP contribution in [-0.2, 0) is 22.4 Å². The summed E-state index contributed by atoms with van der Waals surface area (Å²) in [7, 11) is 0. The Labute approximate surface area is 175 Å². The second kappa shape index (κ2) is 8.97. The maximum atomic E-state index is 12.5. The molecule has 4 nitrogen and oxygen atoms in total. The smallest absolute Gasteiger partial charge is 0.338 e. The summed E-state index contributed by atoms with van der Waals surface area (Å²) in [5.41, 5.74) is 3.72. The minimum absolute atomic E-state index is 0.345. The fourth-order valence-corrected chi connectivity index (χ4v) is 3.98. The molecule has 1 aliphatic carbocycles. The van der Waals surface area contributed by atoms with Crippen molar-refractivity contribution in [3.8, 4) is 0 Å². The molecule has 0 saturated heterocycles. The molecule has 0 fully saturated rings. The maximum Gasteiger partial charge on any atom is 0.338 e. The van der Waals surface area contributed by atoms with Gasteiger partial charge in [-0.3, -0.25) is 4.79 Å². The Hall–Kier alpha value is -2.04. The highest BCUT2D eigenvalue weighted by Crippen LogP contribution is 2.26. The van der Waals surface area contributed by atoms with E-state index in [2.05, 4.69) is 5.32 Å². The largest absolute Gasteiger partial charge is 0.449 e. The molecule has 0 aromatic heterocycles. The molecule has 1 amide bonds.